The highest BCUT2D eigenvalue weighted by Gasteiger charge is 2.32. The van der Waals surface area contributed by atoms with Crippen LogP contribution in [0.2, 0.25) is 0 Å². The van der Waals surface area contributed by atoms with E-state index in [9.17, 15) is 14.9 Å². The molecule has 2 rings (SSSR count). The van der Waals surface area contributed by atoms with Gasteiger partial charge in [0.2, 0.25) is 0 Å². The van der Waals surface area contributed by atoms with Crippen molar-refractivity contribution in [3.63, 3.8) is 0 Å². The van der Waals surface area contributed by atoms with Crippen molar-refractivity contribution < 1.29 is 9.72 Å². The van der Waals surface area contributed by atoms with Crippen LogP contribution >= 0.6 is 0 Å². The molecule has 1 aromatic rings. The van der Waals surface area contributed by atoms with E-state index >= 15 is 0 Å². The summed E-state index contributed by atoms with van der Waals surface area (Å²) in [5, 5.41) is 13.7. The summed E-state index contributed by atoms with van der Waals surface area (Å²) in [6.45, 7) is 6.13. The maximum Gasteiger partial charge on any atom is 0.269 e. The molecular weight excluding hydrogens is 256 g/mol. The molecule has 1 aliphatic rings. The van der Waals surface area contributed by atoms with Crippen LogP contribution in [0.1, 0.15) is 49.0 Å². The summed E-state index contributed by atoms with van der Waals surface area (Å²) >= 11 is 0. The molecule has 0 radical (unpaired) electrons. The van der Waals surface area contributed by atoms with Gasteiger partial charge in [0.15, 0.2) is 0 Å². The normalized spacial score (nSPS) is 20.6. The minimum absolute atomic E-state index is 0.0149. The minimum Gasteiger partial charge on any atom is -0.349 e. The van der Waals surface area contributed by atoms with Gasteiger partial charge in [-0.25, -0.2) is 0 Å². The number of hydrogen-bond acceptors (Lipinski definition) is 3. The molecule has 20 heavy (non-hydrogen) atoms. The van der Waals surface area contributed by atoms with E-state index in [1.165, 1.54) is 18.2 Å². The third-order valence-corrected chi connectivity index (χ3v) is 3.97. The van der Waals surface area contributed by atoms with Crippen molar-refractivity contribution in [1.82, 2.24) is 5.32 Å². The third-order valence-electron chi connectivity index (χ3n) is 3.97. The number of nitro benzene ring substituents is 1. The lowest BCUT2D eigenvalue weighted by molar-refractivity contribution is -0.384. The molecule has 1 unspecified atom stereocenters. The van der Waals surface area contributed by atoms with Gasteiger partial charge >= 0.3 is 0 Å². The Bertz CT molecular complexity index is 552. The Hall–Kier alpha value is -1.91. The van der Waals surface area contributed by atoms with E-state index in [1.807, 2.05) is 0 Å². The first-order chi connectivity index (χ1) is 9.28. The van der Waals surface area contributed by atoms with Crippen molar-refractivity contribution in [1.29, 1.82) is 0 Å². The lowest BCUT2D eigenvalue weighted by Gasteiger charge is -2.18. The lowest BCUT2D eigenvalue weighted by atomic mass is 9.92. The molecule has 1 saturated carbocycles. The van der Waals surface area contributed by atoms with E-state index in [2.05, 4.69) is 19.2 Å². The number of rotatable bonds is 3. The molecule has 0 spiro atoms. The van der Waals surface area contributed by atoms with Crippen LogP contribution < -0.4 is 5.32 Å². The average Bonchev–Trinajstić information content (AvgIpc) is 2.68. The van der Waals surface area contributed by atoms with E-state index in [4.69, 9.17) is 0 Å². The fourth-order valence-corrected chi connectivity index (χ4v) is 2.84. The zero-order chi connectivity index (χ0) is 14.9. The van der Waals surface area contributed by atoms with Gasteiger partial charge in [-0.1, -0.05) is 13.8 Å². The number of nitrogens with zero attached hydrogens (tertiary/aromatic N) is 1. The Kier molecular flexibility index (Phi) is 3.79. The van der Waals surface area contributed by atoms with Crippen molar-refractivity contribution in [3.05, 3.63) is 39.4 Å². The van der Waals surface area contributed by atoms with E-state index in [0.717, 1.165) is 19.3 Å². The number of hydrogen-bond donors (Lipinski definition) is 1. The number of non-ortho nitro benzene ring substituents is 1. The van der Waals surface area contributed by atoms with Crippen LogP contribution in [0.5, 0.6) is 0 Å². The van der Waals surface area contributed by atoms with E-state index in [-0.39, 0.29) is 23.1 Å². The van der Waals surface area contributed by atoms with Crippen LogP contribution in [-0.4, -0.2) is 16.9 Å². The van der Waals surface area contributed by atoms with Gasteiger partial charge in [0.1, 0.15) is 0 Å². The van der Waals surface area contributed by atoms with Crippen LogP contribution in [0, 0.1) is 22.5 Å². The summed E-state index contributed by atoms with van der Waals surface area (Å²) in [7, 11) is 0. The first kappa shape index (κ1) is 14.5. The maximum atomic E-state index is 12.2. The largest absolute Gasteiger partial charge is 0.349 e. The number of amides is 1. The minimum atomic E-state index is -0.450. The van der Waals surface area contributed by atoms with Crippen molar-refractivity contribution in [2.75, 3.05) is 0 Å². The molecule has 1 amide bonds. The van der Waals surface area contributed by atoms with Crippen LogP contribution in [0.15, 0.2) is 18.2 Å². The predicted molar refractivity (Wildman–Crippen MR) is 76.7 cm³/mol. The molecule has 1 atom stereocenters. The number of carbonyl (C=O) groups is 1. The second kappa shape index (κ2) is 5.23. The molecule has 0 bridgehead atoms. The van der Waals surface area contributed by atoms with Gasteiger partial charge in [-0.2, -0.15) is 0 Å². The van der Waals surface area contributed by atoms with E-state index in [1.54, 1.807) is 6.92 Å². The zero-order valence-corrected chi connectivity index (χ0v) is 12.1. The summed E-state index contributed by atoms with van der Waals surface area (Å²) in [6.07, 6.45) is 3.08. The van der Waals surface area contributed by atoms with Crippen molar-refractivity contribution in [2.45, 2.75) is 46.1 Å². The highest BCUT2D eigenvalue weighted by molar-refractivity contribution is 5.96. The molecule has 0 saturated heterocycles. The molecule has 0 aromatic heterocycles. The van der Waals surface area contributed by atoms with Crippen molar-refractivity contribution in [3.8, 4) is 0 Å². The van der Waals surface area contributed by atoms with Gasteiger partial charge < -0.3 is 5.32 Å². The van der Waals surface area contributed by atoms with Crippen molar-refractivity contribution >= 4 is 11.6 Å². The second-order valence-electron chi connectivity index (χ2n) is 6.33. The number of nitro groups is 1. The smallest absolute Gasteiger partial charge is 0.269 e. The number of benzene rings is 1. The topological polar surface area (TPSA) is 72.2 Å². The molecule has 1 aliphatic carbocycles. The molecular formula is C15H20N2O3. The van der Waals surface area contributed by atoms with Gasteiger partial charge in [-0.3, -0.25) is 14.9 Å². The molecule has 0 aliphatic heterocycles. The van der Waals surface area contributed by atoms with Crippen LogP contribution in [-0.2, 0) is 0 Å². The van der Waals surface area contributed by atoms with Gasteiger partial charge in [0, 0.05) is 23.7 Å². The standard InChI is InChI=1S/C15H20N2O3/c1-10-8-12(17(19)20)4-5-13(10)14(18)16-11-6-7-15(2,3)9-11/h4-5,8,11H,6-7,9H2,1-3H3,(H,16,18). The summed E-state index contributed by atoms with van der Waals surface area (Å²) in [5.41, 5.74) is 1.44. The number of carbonyl (C=O) groups excluding carboxylic acids is 1. The van der Waals surface area contributed by atoms with Crippen LogP contribution in [0.4, 0.5) is 5.69 Å². The van der Waals surface area contributed by atoms with Gasteiger partial charge in [0.25, 0.3) is 11.6 Å². The van der Waals surface area contributed by atoms with E-state index in [0.29, 0.717) is 11.1 Å². The SMILES string of the molecule is Cc1cc([N+](=O)[O-])ccc1C(=O)NC1CCC(C)(C)C1. The Morgan fingerprint density at radius 3 is 2.65 bits per heavy atom. The second-order valence-corrected chi connectivity index (χ2v) is 6.33. The summed E-state index contributed by atoms with van der Waals surface area (Å²) < 4.78 is 0. The Balaban J connectivity index is 2.08. The van der Waals surface area contributed by atoms with Gasteiger partial charge in [-0.15, -0.1) is 0 Å². The number of nitrogens with one attached hydrogen (secondary N) is 1. The predicted octanol–water partition coefficient (Wildman–Crippen LogP) is 3.21. The molecule has 5 nitrogen and oxygen atoms in total. The summed E-state index contributed by atoms with van der Waals surface area (Å²) in [5.74, 6) is -0.139. The highest BCUT2D eigenvalue weighted by Crippen LogP contribution is 2.37. The monoisotopic (exact) mass is 276 g/mol. The zero-order valence-electron chi connectivity index (χ0n) is 12.1. The fourth-order valence-electron chi connectivity index (χ4n) is 2.84. The molecule has 0 heterocycles. The van der Waals surface area contributed by atoms with E-state index < -0.39 is 4.92 Å². The third kappa shape index (κ3) is 3.15. The molecule has 1 aromatic carbocycles. The van der Waals surface area contributed by atoms with Crippen LogP contribution in [0.3, 0.4) is 0 Å². The van der Waals surface area contributed by atoms with Gasteiger partial charge in [-0.05, 0) is 43.2 Å². The van der Waals surface area contributed by atoms with Crippen LogP contribution in [0.25, 0.3) is 0 Å². The average molecular weight is 276 g/mol. The quantitative estimate of drug-likeness (QED) is 0.680. The Morgan fingerprint density at radius 2 is 2.15 bits per heavy atom. The molecule has 5 heteroatoms. The summed E-state index contributed by atoms with van der Waals surface area (Å²) in [4.78, 5) is 22.5. The first-order valence-corrected chi connectivity index (χ1v) is 6.84. The molecule has 1 N–H and O–H groups in total. The summed E-state index contributed by atoms with van der Waals surface area (Å²) in [6, 6.07) is 4.55. The fraction of sp³-hybridized carbons (Fsp3) is 0.533. The lowest BCUT2D eigenvalue weighted by Crippen LogP contribution is -2.33. The van der Waals surface area contributed by atoms with Gasteiger partial charge in [0.05, 0.1) is 4.92 Å². The molecule has 1 fully saturated rings. The Labute approximate surface area is 118 Å². The molecule has 108 valence electrons. The first-order valence-electron chi connectivity index (χ1n) is 6.84. The Morgan fingerprint density at radius 1 is 1.45 bits per heavy atom. The number of aryl methyl sites for hydroxylation is 1. The van der Waals surface area contributed by atoms with Crippen molar-refractivity contribution in [2.24, 2.45) is 5.41 Å². The maximum absolute atomic E-state index is 12.2. The highest BCUT2D eigenvalue weighted by atomic mass is 16.6.